The number of fused-ring (bicyclic) bond motifs is 2. The highest BCUT2D eigenvalue weighted by Gasteiger charge is 2.28. The van der Waals surface area contributed by atoms with Gasteiger partial charge in [0.25, 0.3) is 10.0 Å². The molecular weight excluding hydrogens is 424 g/mol. The number of aromatic nitrogens is 2. The van der Waals surface area contributed by atoms with Crippen molar-refractivity contribution in [2.75, 3.05) is 7.11 Å². The van der Waals surface area contributed by atoms with Crippen LogP contribution in [0.25, 0.3) is 32.9 Å². The predicted molar refractivity (Wildman–Crippen MR) is 124 cm³/mol. The Balaban J connectivity index is 1.96. The Labute approximate surface area is 184 Å². The van der Waals surface area contributed by atoms with E-state index < -0.39 is 10.0 Å². The molecule has 3 aromatic carbocycles. The molecule has 0 spiro atoms. The van der Waals surface area contributed by atoms with Crippen LogP contribution < -0.4 is 4.74 Å². The van der Waals surface area contributed by atoms with Gasteiger partial charge >= 0.3 is 0 Å². The van der Waals surface area contributed by atoms with E-state index in [4.69, 9.17) is 4.74 Å². The third-order valence-corrected chi connectivity index (χ3v) is 7.21. The molecule has 0 N–H and O–H groups in total. The first-order valence-electron chi connectivity index (χ1n) is 9.88. The summed E-state index contributed by atoms with van der Waals surface area (Å²) >= 11 is 0. The van der Waals surface area contributed by atoms with Crippen LogP contribution in [-0.2, 0) is 10.0 Å². The highest BCUT2D eigenvalue weighted by atomic mass is 32.2. The summed E-state index contributed by atoms with van der Waals surface area (Å²) in [5.74, 6) is 0.547. The van der Waals surface area contributed by atoms with Gasteiger partial charge in [-0.15, -0.1) is 0 Å². The zero-order chi connectivity index (χ0) is 22.3. The van der Waals surface area contributed by atoms with Crippen molar-refractivity contribution in [3.8, 4) is 17.0 Å². The van der Waals surface area contributed by atoms with E-state index in [-0.39, 0.29) is 10.6 Å². The van der Waals surface area contributed by atoms with Gasteiger partial charge in [-0.1, -0.05) is 42.5 Å². The van der Waals surface area contributed by atoms with Crippen molar-refractivity contribution in [2.24, 2.45) is 0 Å². The number of aldehydes is 1. The molecule has 6 nitrogen and oxygen atoms in total. The molecule has 5 rings (SSSR count). The van der Waals surface area contributed by atoms with Gasteiger partial charge in [0.1, 0.15) is 11.4 Å². The zero-order valence-electron chi connectivity index (χ0n) is 17.1. The van der Waals surface area contributed by atoms with Gasteiger partial charge in [0.2, 0.25) is 0 Å². The Hall–Kier alpha value is -3.97. The summed E-state index contributed by atoms with van der Waals surface area (Å²) in [5.41, 5.74) is 1.37. The number of rotatable bonds is 5. The molecule has 0 atom stereocenters. The Bertz CT molecular complexity index is 1580. The lowest BCUT2D eigenvalue weighted by atomic mass is 10.0. The van der Waals surface area contributed by atoms with Crippen LogP contribution in [0.15, 0.2) is 90.0 Å². The highest BCUT2D eigenvalue weighted by molar-refractivity contribution is 7.90. The van der Waals surface area contributed by atoms with Gasteiger partial charge < -0.3 is 4.74 Å². The maximum atomic E-state index is 13.6. The molecule has 32 heavy (non-hydrogen) atoms. The first-order valence-corrected chi connectivity index (χ1v) is 11.3. The van der Waals surface area contributed by atoms with Crippen molar-refractivity contribution in [1.82, 2.24) is 8.96 Å². The molecule has 2 aromatic heterocycles. The lowest BCUT2D eigenvalue weighted by Gasteiger charge is -2.10. The average molecular weight is 442 g/mol. The van der Waals surface area contributed by atoms with Crippen molar-refractivity contribution in [1.29, 1.82) is 0 Å². The third kappa shape index (κ3) is 2.98. The van der Waals surface area contributed by atoms with E-state index in [2.05, 4.69) is 4.98 Å². The fourth-order valence-corrected chi connectivity index (χ4v) is 5.54. The van der Waals surface area contributed by atoms with Crippen LogP contribution in [-0.4, -0.2) is 30.8 Å². The van der Waals surface area contributed by atoms with E-state index in [9.17, 15) is 13.2 Å². The number of ether oxygens (including phenoxy) is 1. The number of methoxy groups -OCH3 is 1. The molecule has 0 unspecified atom stereocenters. The van der Waals surface area contributed by atoms with Crippen LogP contribution in [0.3, 0.4) is 0 Å². The van der Waals surface area contributed by atoms with E-state index >= 15 is 0 Å². The second-order valence-electron chi connectivity index (χ2n) is 7.22. The van der Waals surface area contributed by atoms with Crippen molar-refractivity contribution in [2.45, 2.75) is 4.90 Å². The summed E-state index contributed by atoms with van der Waals surface area (Å²) in [6.45, 7) is 0. The van der Waals surface area contributed by atoms with Gasteiger partial charge in [-0.05, 0) is 41.8 Å². The summed E-state index contributed by atoms with van der Waals surface area (Å²) in [6, 6.07) is 22.6. The number of carbonyl (C=O) groups excluding carboxylic acids is 1. The first-order chi connectivity index (χ1) is 15.6. The molecule has 5 aromatic rings. The Morgan fingerprint density at radius 3 is 2.41 bits per heavy atom. The highest BCUT2D eigenvalue weighted by Crippen LogP contribution is 2.39. The molecule has 0 saturated carbocycles. The van der Waals surface area contributed by atoms with Crippen LogP contribution in [0.4, 0.5) is 0 Å². The number of carbonyl (C=O) groups is 1. The molecule has 158 valence electrons. The van der Waals surface area contributed by atoms with Crippen molar-refractivity contribution >= 4 is 38.0 Å². The third-order valence-electron chi connectivity index (χ3n) is 5.47. The topological polar surface area (TPSA) is 78.3 Å². The van der Waals surface area contributed by atoms with E-state index in [1.165, 1.54) is 19.2 Å². The van der Waals surface area contributed by atoms with E-state index in [1.807, 2.05) is 30.3 Å². The SMILES string of the molecule is COc1ccc2c(c1)c(-c1nccc3ccccc13)c(C=O)n2S(=O)(=O)c1ccccc1. The zero-order valence-corrected chi connectivity index (χ0v) is 17.9. The molecule has 0 saturated heterocycles. The number of nitrogens with zero attached hydrogens (tertiary/aromatic N) is 2. The van der Waals surface area contributed by atoms with Gasteiger partial charge in [-0.2, -0.15) is 0 Å². The molecule has 0 amide bonds. The molecule has 0 fully saturated rings. The molecule has 0 radical (unpaired) electrons. The van der Waals surface area contributed by atoms with Crippen LogP contribution in [0.5, 0.6) is 5.75 Å². The fourth-order valence-electron chi connectivity index (χ4n) is 4.02. The van der Waals surface area contributed by atoms with Crippen molar-refractivity contribution in [3.63, 3.8) is 0 Å². The Kier molecular flexibility index (Phi) is 4.75. The second-order valence-corrected chi connectivity index (χ2v) is 9.01. The number of pyridine rings is 1. The molecule has 0 aliphatic rings. The normalized spacial score (nSPS) is 11.7. The minimum absolute atomic E-state index is 0.0148. The predicted octanol–water partition coefficient (Wildman–Crippen LogP) is 4.91. The standard InChI is InChI=1S/C25H18N2O4S/c1-31-18-11-12-22-21(15-18)24(25-20-10-6-5-7-17(20)13-14-26-25)23(16-28)27(22)32(29,30)19-8-3-2-4-9-19/h2-16H,1H3. The quantitative estimate of drug-likeness (QED) is 0.361. The lowest BCUT2D eigenvalue weighted by molar-refractivity contribution is 0.111. The largest absolute Gasteiger partial charge is 0.497 e. The fraction of sp³-hybridized carbons (Fsp3) is 0.0400. The second kappa shape index (κ2) is 7.62. The number of hydrogen-bond acceptors (Lipinski definition) is 5. The van der Waals surface area contributed by atoms with Crippen molar-refractivity contribution < 1.29 is 17.9 Å². The molecule has 2 heterocycles. The van der Waals surface area contributed by atoms with Gasteiger partial charge in [0, 0.05) is 22.5 Å². The number of hydrogen-bond donors (Lipinski definition) is 0. The maximum absolute atomic E-state index is 13.6. The van der Waals surface area contributed by atoms with Crippen LogP contribution in [0, 0.1) is 0 Å². The summed E-state index contributed by atoms with van der Waals surface area (Å²) < 4.78 is 33.8. The summed E-state index contributed by atoms with van der Waals surface area (Å²) in [6.07, 6.45) is 2.23. The minimum Gasteiger partial charge on any atom is -0.497 e. The summed E-state index contributed by atoms with van der Waals surface area (Å²) in [4.78, 5) is 17.1. The first kappa shape index (κ1) is 20.0. The average Bonchev–Trinajstić information content (AvgIpc) is 3.18. The lowest BCUT2D eigenvalue weighted by Crippen LogP contribution is -2.15. The maximum Gasteiger partial charge on any atom is 0.268 e. The number of benzene rings is 3. The molecule has 0 aliphatic heterocycles. The summed E-state index contributed by atoms with van der Waals surface area (Å²) in [5, 5.41) is 2.32. The molecule has 0 bridgehead atoms. The van der Waals surface area contributed by atoms with Crippen LogP contribution in [0.1, 0.15) is 10.5 Å². The van der Waals surface area contributed by atoms with Crippen LogP contribution in [0.2, 0.25) is 0 Å². The van der Waals surface area contributed by atoms with Gasteiger partial charge in [0.15, 0.2) is 6.29 Å². The molecular formula is C25H18N2O4S. The smallest absolute Gasteiger partial charge is 0.268 e. The minimum atomic E-state index is -4.05. The monoisotopic (exact) mass is 442 g/mol. The van der Waals surface area contributed by atoms with Gasteiger partial charge in [0.05, 0.1) is 23.2 Å². The molecule has 7 heteroatoms. The van der Waals surface area contributed by atoms with E-state index in [0.29, 0.717) is 34.2 Å². The summed E-state index contributed by atoms with van der Waals surface area (Å²) in [7, 11) is -2.51. The van der Waals surface area contributed by atoms with Gasteiger partial charge in [-0.3, -0.25) is 9.78 Å². The Morgan fingerprint density at radius 1 is 0.906 bits per heavy atom. The van der Waals surface area contributed by atoms with E-state index in [0.717, 1.165) is 14.7 Å². The van der Waals surface area contributed by atoms with Gasteiger partial charge in [-0.25, -0.2) is 12.4 Å². The van der Waals surface area contributed by atoms with Crippen molar-refractivity contribution in [3.05, 3.63) is 90.8 Å². The molecule has 0 aliphatic carbocycles. The van der Waals surface area contributed by atoms with E-state index in [1.54, 1.807) is 42.6 Å². The Morgan fingerprint density at radius 2 is 1.66 bits per heavy atom. The van der Waals surface area contributed by atoms with Crippen LogP contribution >= 0.6 is 0 Å².